The van der Waals surface area contributed by atoms with Gasteiger partial charge in [-0.2, -0.15) is 13.2 Å². The number of likely N-dealkylation sites (N-methyl/N-ethyl adjacent to an activating group) is 1. The van der Waals surface area contributed by atoms with E-state index in [4.69, 9.17) is 5.11 Å². The minimum atomic E-state index is -4.76. The molecule has 1 heterocycles. The molecule has 0 fully saturated rings. The van der Waals surface area contributed by atoms with Crippen LogP contribution in [0, 0.1) is 5.92 Å². The van der Waals surface area contributed by atoms with Gasteiger partial charge in [0.15, 0.2) is 6.10 Å². The lowest BCUT2D eigenvalue weighted by Gasteiger charge is -2.26. The van der Waals surface area contributed by atoms with Gasteiger partial charge in [-0.3, -0.25) is 9.59 Å². The highest BCUT2D eigenvalue weighted by atomic mass is 19.4. The number of hydrogen-bond donors (Lipinski definition) is 2. The lowest BCUT2D eigenvalue weighted by Crippen LogP contribution is -2.42. The number of nitrogens with one attached hydrogen (secondary N) is 1. The normalized spacial score (nSPS) is 18.5. The fraction of sp³-hybridized carbons (Fsp3) is 0.500. The molecule has 8 heteroatoms. The van der Waals surface area contributed by atoms with Crippen LogP contribution in [0.3, 0.4) is 0 Å². The highest BCUT2D eigenvalue weighted by molar-refractivity contribution is 5.96. The Labute approximate surface area is 137 Å². The first-order valence-electron chi connectivity index (χ1n) is 7.56. The summed E-state index contributed by atoms with van der Waals surface area (Å²) in [7, 11) is 1.20. The van der Waals surface area contributed by atoms with Crippen LogP contribution in [0.5, 0.6) is 0 Å². The van der Waals surface area contributed by atoms with Gasteiger partial charge in [-0.05, 0) is 24.5 Å². The number of anilines is 1. The highest BCUT2D eigenvalue weighted by Gasteiger charge is 2.39. The van der Waals surface area contributed by atoms with Gasteiger partial charge in [0.05, 0.1) is 6.54 Å². The minimum Gasteiger partial charge on any atom is -0.382 e. The van der Waals surface area contributed by atoms with Crippen LogP contribution < -0.4 is 5.32 Å². The van der Waals surface area contributed by atoms with Crippen molar-refractivity contribution in [1.82, 2.24) is 4.90 Å². The Hall–Kier alpha value is -2.09. The molecule has 2 atom stereocenters. The zero-order valence-electron chi connectivity index (χ0n) is 13.1. The van der Waals surface area contributed by atoms with Crippen LogP contribution in [0.15, 0.2) is 24.3 Å². The molecule has 1 aliphatic rings. The van der Waals surface area contributed by atoms with E-state index in [1.807, 2.05) is 18.2 Å². The minimum absolute atomic E-state index is 0.0542. The molecule has 0 radical (unpaired) electrons. The molecule has 5 nitrogen and oxygen atoms in total. The molecule has 24 heavy (non-hydrogen) atoms. The smallest absolute Gasteiger partial charge is 0.382 e. The van der Waals surface area contributed by atoms with Crippen LogP contribution in [-0.4, -0.2) is 47.7 Å². The molecule has 0 saturated heterocycles. The summed E-state index contributed by atoms with van der Waals surface area (Å²) in [4.78, 5) is 24.8. The van der Waals surface area contributed by atoms with Crippen LogP contribution in [-0.2, 0) is 16.0 Å². The zero-order valence-corrected chi connectivity index (χ0v) is 13.1. The quantitative estimate of drug-likeness (QED) is 0.858. The van der Waals surface area contributed by atoms with Crippen LogP contribution in [0.1, 0.15) is 18.4 Å². The molecule has 0 saturated carbocycles. The zero-order chi connectivity index (χ0) is 17.9. The standard InChI is InChI=1S/C16H19F3N2O3/c1-21(9-13(22)16(17,18)19)14(23)7-6-11-8-10-4-2-3-5-12(10)20-15(11)24/h2-5,11,13,22H,6-9H2,1H3,(H,20,24). The monoisotopic (exact) mass is 344 g/mol. The number of para-hydroxylation sites is 1. The molecule has 1 aromatic carbocycles. The predicted molar refractivity (Wildman–Crippen MR) is 81.2 cm³/mol. The fourth-order valence-corrected chi connectivity index (χ4v) is 2.60. The SMILES string of the molecule is CN(CC(O)C(F)(F)F)C(=O)CCC1Cc2ccccc2NC1=O. The molecule has 2 amide bonds. The van der Waals surface area contributed by atoms with Crippen LogP contribution in [0.2, 0.25) is 0 Å². The number of fused-ring (bicyclic) bond motifs is 1. The summed E-state index contributed by atoms with van der Waals surface area (Å²) in [6.07, 6.45) is -6.66. The summed E-state index contributed by atoms with van der Waals surface area (Å²) in [6.45, 7) is -0.817. The van der Waals surface area contributed by atoms with Crippen molar-refractivity contribution >= 4 is 17.5 Å². The van der Waals surface area contributed by atoms with Gasteiger partial charge in [-0.1, -0.05) is 18.2 Å². The van der Waals surface area contributed by atoms with Crippen molar-refractivity contribution in [1.29, 1.82) is 0 Å². The molecule has 1 aliphatic heterocycles. The van der Waals surface area contributed by atoms with E-state index in [0.717, 1.165) is 16.2 Å². The first-order chi connectivity index (χ1) is 11.2. The summed E-state index contributed by atoms with van der Waals surface area (Å²) in [5.41, 5.74) is 1.71. The number of amides is 2. The number of hydrogen-bond acceptors (Lipinski definition) is 3. The van der Waals surface area contributed by atoms with Crippen molar-refractivity contribution in [2.24, 2.45) is 5.92 Å². The van der Waals surface area contributed by atoms with Crippen molar-refractivity contribution in [3.05, 3.63) is 29.8 Å². The molecule has 2 rings (SSSR count). The number of carbonyl (C=O) groups is 2. The topological polar surface area (TPSA) is 69.6 Å². The Bertz CT molecular complexity index is 619. The third-order valence-corrected chi connectivity index (χ3v) is 4.07. The molecular formula is C16H19F3N2O3. The van der Waals surface area contributed by atoms with Gasteiger partial charge in [0.25, 0.3) is 0 Å². The maximum absolute atomic E-state index is 12.3. The first-order valence-corrected chi connectivity index (χ1v) is 7.56. The van der Waals surface area contributed by atoms with Crippen LogP contribution >= 0.6 is 0 Å². The Morgan fingerprint density at radius 1 is 1.42 bits per heavy atom. The molecule has 0 aliphatic carbocycles. The number of alkyl halides is 3. The van der Waals surface area contributed by atoms with E-state index < -0.39 is 30.7 Å². The highest BCUT2D eigenvalue weighted by Crippen LogP contribution is 2.27. The number of aliphatic hydroxyl groups is 1. The van der Waals surface area contributed by atoms with Crippen molar-refractivity contribution in [2.75, 3.05) is 18.9 Å². The van der Waals surface area contributed by atoms with E-state index in [9.17, 15) is 22.8 Å². The van der Waals surface area contributed by atoms with Gasteiger partial charge in [-0.15, -0.1) is 0 Å². The number of benzene rings is 1. The van der Waals surface area contributed by atoms with Crippen molar-refractivity contribution < 1.29 is 27.9 Å². The lowest BCUT2D eigenvalue weighted by atomic mass is 9.89. The number of rotatable bonds is 5. The van der Waals surface area contributed by atoms with E-state index in [-0.39, 0.29) is 18.7 Å². The molecule has 1 aromatic rings. The fourth-order valence-electron chi connectivity index (χ4n) is 2.60. The molecule has 132 valence electrons. The summed E-state index contributed by atoms with van der Waals surface area (Å²) >= 11 is 0. The molecule has 2 N–H and O–H groups in total. The number of aliphatic hydroxyl groups excluding tert-OH is 1. The Morgan fingerprint density at radius 3 is 2.75 bits per heavy atom. The third-order valence-electron chi connectivity index (χ3n) is 4.07. The molecule has 0 bridgehead atoms. The first kappa shape index (κ1) is 18.3. The predicted octanol–water partition coefficient (Wildman–Crippen LogP) is 1.96. The number of halogens is 3. The second kappa shape index (κ2) is 7.21. The maximum Gasteiger partial charge on any atom is 0.416 e. The second-order valence-corrected chi connectivity index (χ2v) is 5.92. The second-order valence-electron chi connectivity index (χ2n) is 5.92. The third kappa shape index (κ3) is 4.47. The largest absolute Gasteiger partial charge is 0.416 e. The summed E-state index contributed by atoms with van der Waals surface area (Å²) in [6, 6.07) is 7.34. The van der Waals surface area contributed by atoms with Crippen molar-refractivity contribution in [2.45, 2.75) is 31.5 Å². The molecule has 0 spiro atoms. The Morgan fingerprint density at radius 2 is 2.08 bits per heavy atom. The van der Waals surface area contributed by atoms with Gasteiger partial charge >= 0.3 is 6.18 Å². The average molecular weight is 344 g/mol. The lowest BCUT2D eigenvalue weighted by molar-refractivity contribution is -0.207. The van der Waals surface area contributed by atoms with Gasteiger partial charge in [0.1, 0.15) is 0 Å². The summed E-state index contributed by atoms with van der Waals surface area (Å²) in [5, 5.41) is 11.8. The number of nitrogens with zero attached hydrogens (tertiary/aromatic N) is 1. The Balaban J connectivity index is 1.87. The van der Waals surface area contributed by atoms with Gasteiger partial charge in [0.2, 0.25) is 11.8 Å². The van der Waals surface area contributed by atoms with Gasteiger partial charge in [-0.25, -0.2) is 0 Å². The van der Waals surface area contributed by atoms with E-state index in [1.165, 1.54) is 7.05 Å². The summed E-state index contributed by atoms with van der Waals surface area (Å²) in [5.74, 6) is -1.13. The number of carbonyl (C=O) groups excluding carboxylic acids is 2. The van der Waals surface area contributed by atoms with E-state index in [0.29, 0.717) is 6.42 Å². The van der Waals surface area contributed by atoms with E-state index in [2.05, 4.69) is 5.32 Å². The van der Waals surface area contributed by atoms with Crippen LogP contribution in [0.4, 0.5) is 18.9 Å². The Kier molecular flexibility index (Phi) is 5.48. The van der Waals surface area contributed by atoms with Crippen LogP contribution in [0.25, 0.3) is 0 Å². The van der Waals surface area contributed by atoms with Gasteiger partial charge < -0.3 is 15.3 Å². The average Bonchev–Trinajstić information content (AvgIpc) is 2.51. The molecule has 0 aromatic heterocycles. The van der Waals surface area contributed by atoms with E-state index >= 15 is 0 Å². The molecule has 2 unspecified atom stereocenters. The van der Waals surface area contributed by atoms with E-state index in [1.54, 1.807) is 6.07 Å². The molecular weight excluding hydrogens is 325 g/mol. The maximum atomic E-state index is 12.3. The van der Waals surface area contributed by atoms with Crippen molar-refractivity contribution in [3.63, 3.8) is 0 Å². The summed E-state index contributed by atoms with van der Waals surface area (Å²) < 4.78 is 36.9. The van der Waals surface area contributed by atoms with Gasteiger partial charge in [0, 0.05) is 25.1 Å². The van der Waals surface area contributed by atoms with Crippen molar-refractivity contribution in [3.8, 4) is 0 Å².